The van der Waals surface area contributed by atoms with Crippen molar-refractivity contribution in [1.29, 1.82) is 0 Å². The van der Waals surface area contributed by atoms with Crippen molar-refractivity contribution in [1.82, 2.24) is 29.3 Å². The minimum atomic E-state index is -0.407. The van der Waals surface area contributed by atoms with E-state index in [2.05, 4.69) is 25.9 Å². The molecule has 0 saturated carbocycles. The number of aromatic nitrogens is 6. The van der Waals surface area contributed by atoms with Crippen molar-refractivity contribution in [3.05, 3.63) is 40.2 Å². The van der Waals surface area contributed by atoms with Gasteiger partial charge in [0.2, 0.25) is 5.91 Å². The fourth-order valence-corrected chi connectivity index (χ4v) is 3.19. The largest absolute Gasteiger partial charge is 0.322 e. The summed E-state index contributed by atoms with van der Waals surface area (Å²) in [6, 6.07) is 0. The molecule has 0 saturated heterocycles. The molecule has 3 aromatic heterocycles. The number of hydrogen-bond donors (Lipinski definition) is 2. The molecule has 30 heavy (non-hydrogen) atoms. The maximum atomic E-state index is 12.8. The summed E-state index contributed by atoms with van der Waals surface area (Å²) in [4.78, 5) is 25.6. The second-order valence-electron chi connectivity index (χ2n) is 7.31. The molecule has 0 aliphatic rings. The number of aryl methyl sites for hydroxylation is 3. The zero-order valence-electron chi connectivity index (χ0n) is 17.8. The van der Waals surface area contributed by atoms with Crippen LogP contribution >= 0.6 is 11.6 Å². The molecular formula is C19H25ClN8O2. The van der Waals surface area contributed by atoms with Gasteiger partial charge in [0.05, 0.1) is 58.3 Å². The highest BCUT2D eigenvalue weighted by atomic mass is 35.5. The van der Waals surface area contributed by atoms with Gasteiger partial charge in [-0.15, -0.1) is 0 Å². The molecule has 0 fully saturated rings. The van der Waals surface area contributed by atoms with Gasteiger partial charge >= 0.3 is 0 Å². The molecule has 10 nitrogen and oxygen atoms in total. The Labute approximate surface area is 179 Å². The standard InChI is InChI=1S/C19H25ClN8O2/c1-10(9-28-13(4)16(20)11(2)25-28)18(29)24-15-8-22-27(6)17(15)19(30)23-14-7-21-26(5)12(14)3/h7-8,10H,9H2,1-6H3,(H,23,30)(H,24,29). The van der Waals surface area contributed by atoms with Crippen molar-refractivity contribution < 1.29 is 9.59 Å². The van der Waals surface area contributed by atoms with E-state index < -0.39 is 5.92 Å². The topological polar surface area (TPSA) is 112 Å². The van der Waals surface area contributed by atoms with E-state index in [1.54, 1.807) is 36.6 Å². The Morgan fingerprint density at radius 2 is 1.67 bits per heavy atom. The average Bonchev–Trinajstić information content (AvgIpc) is 3.29. The monoisotopic (exact) mass is 432 g/mol. The molecule has 0 bridgehead atoms. The van der Waals surface area contributed by atoms with E-state index in [4.69, 9.17) is 11.6 Å². The van der Waals surface area contributed by atoms with Crippen LogP contribution < -0.4 is 10.6 Å². The van der Waals surface area contributed by atoms with E-state index in [0.717, 1.165) is 17.1 Å². The summed E-state index contributed by atoms with van der Waals surface area (Å²) < 4.78 is 4.79. The van der Waals surface area contributed by atoms with Crippen LogP contribution in [0.15, 0.2) is 12.4 Å². The van der Waals surface area contributed by atoms with Gasteiger partial charge in [-0.05, 0) is 20.8 Å². The lowest BCUT2D eigenvalue weighted by Crippen LogP contribution is -2.27. The number of carbonyl (C=O) groups excluding carboxylic acids is 2. The van der Waals surface area contributed by atoms with Gasteiger partial charge in [-0.25, -0.2) is 0 Å². The van der Waals surface area contributed by atoms with Gasteiger partial charge in [0.15, 0.2) is 0 Å². The van der Waals surface area contributed by atoms with E-state index in [9.17, 15) is 9.59 Å². The van der Waals surface area contributed by atoms with E-state index >= 15 is 0 Å². The van der Waals surface area contributed by atoms with Crippen LogP contribution in [0.25, 0.3) is 0 Å². The predicted octanol–water partition coefficient (Wildman–Crippen LogP) is 2.46. The van der Waals surface area contributed by atoms with Crippen LogP contribution in [-0.4, -0.2) is 41.2 Å². The van der Waals surface area contributed by atoms with Crippen molar-refractivity contribution in [3.8, 4) is 0 Å². The van der Waals surface area contributed by atoms with Crippen molar-refractivity contribution in [2.45, 2.75) is 34.2 Å². The first-order valence-corrected chi connectivity index (χ1v) is 9.80. The predicted molar refractivity (Wildman–Crippen MR) is 114 cm³/mol. The van der Waals surface area contributed by atoms with E-state index in [1.165, 1.54) is 10.9 Å². The number of nitrogens with one attached hydrogen (secondary N) is 2. The lowest BCUT2D eigenvalue weighted by atomic mass is 10.1. The Bertz CT molecular complexity index is 1110. The molecule has 1 unspecified atom stereocenters. The molecule has 3 aromatic rings. The maximum absolute atomic E-state index is 12.8. The number of rotatable bonds is 6. The highest BCUT2D eigenvalue weighted by molar-refractivity contribution is 6.31. The summed E-state index contributed by atoms with van der Waals surface area (Å²) >= 11 is 6.18. The highest BCUT2D eigenvalue weighted by Gasteiger charge is 2.23. The smallest absolute Gasteiger partial charge is 0.276 e. The van der Waals surface area contributed by atoms with Crippen molar-refractivity contribution in [2.75, 3.05) is 10.6 Å². The lowest BCUT2D eigenvalue weighted by Gasteiger charge is -2.14. The van der Waals surface area contributed by atoms with Crippen LogP contribution in [0.1, 0.15) is 34.5 Å². The third kappa shape index (κ3) is 4.09. The molecule has 2 amide bonds. The van der Waals surface area contributed by atoms with Crippen molar-refractivity contribution >= 4 is 34.8 Å². The van der Waals surface area contributed by atoms with E-state index in [0.29, 0.717) is 22.9 Å². The molecule has 0 aliphatic carbocycles. The molecule has 3 rings (SSSR count). The first-order chi connectivity index (χ1) is 14.1. The summed E-state index contributed by atoms with van der Waals surface area (Å²) in [6.07, 6.45) is 3.03. The summed E-state index contributed by atoms with van der Waals surface area (Å²) in [5, 5.41) is 18.8. The zero-order chi connectivity index (χ0) is 22.2. The number of carbonyl (C=O) groups is 2. The first-order valence-electron chi connectivity index (χ1n) is 9.42. The third-order valence-electron chi connectivity index (χ3n) is 5.08. The quantitative estimate of drug-likeness (QED) is 0.621. The Kier molecular flexibility index (Phi) is 5.97. The number of amides is 2. The maximum Gasteiger partial charge on any atom is 0.276 e. The number of halogens is 1. The normalized spacial score (nSPS) is 12.1. The SMILES string of the molecule is Cc1nn(CC(C)C(=O)Nc2cnn(C)c2C(=O)Nc2cnn(C)c2C)c(C)c1Cl. The number of hydrogen-bond acceptors (Lipinski definition) is 5. The Balaban J connectivity index is 1.73. The lowest BCUT2D eigenvalue weighted by molar-refractivity contribution is -0.119. The summed E-state index contributed by atoms with van der Waals surface area (Å²) in [7, 11) is 3.43. The summed E-state index contributed by atoms with van der Waals surface area (Å²) in [5.74, 6) is -1.05. The molecule has 2 N–H and O–H groups in total. The summed E-state index contributed by atoms with van der Waals surface area (Å²) in [5.41, 5.74) is 3.51. The van der Waals surface area contributed by atoms with Gasteiger partial charge in [-0.2, -0.15) is 15.3 Å². The molecule has 160 valence electrons. The molecule has 0 aromatic carbocycles. The van der Waals surface area contributed by atoms with Gasteiger partial charge in [0.1, 0.15) is 5.69 Å². The molecular weight excluding hydrogens is 408 g/mol. The van der Waals surface area contributed by atoms with Gasteiger partial charge in [0.25, 0.3) is 5.91 Å². The number of nitrogens with zero attached hydrogens (tertiary/aromatic N) is 6. The second-order valence-corrected chi connectivity index (χ2v) is 7.69. The van der Waals surface area contributed by atoms with Gasteiger partial charge < -0.3 is 10.6 Å². The minimum absolute atomic E-state index is 0.243. The van der Waals surface area contributed by atoms with E-state index in [-0.39, 0.29) is 17.5 Å². The number of anilines is 2. The molecule has 11 heteroatoms. The van der Waals surface area contributed by atoms with Crippen LogP contribution in [0.2, 0.25) is 5.02 Å². The Morgan fingerprint density at radius 3 is 2.23 bits per heavy atom. The van der Waals surface area contributed by atoms with E-state index in [1.807, 2.05) is 20.8 Å². The van der Waals surface area contributed by atoms with Gasteiger partial charge in [-0.3, -0.25) is 23.6 Å². The Morgan fingerprint density at radius 1 is 1.03 bits per heavy atom. The first kappa shape index (κ1) is 21.6. The van der Waals surface area contributed by atoms with Crippen molar-refractivity contribution in [2.24, 2.45) is 20.0 Å². The van der Waals surface area contributed by atoms with Crippen molar-refractivity contribution in [3.63, 3.8) is 0 Å². The third-order valence-corrected chi connectivity index (χ3v) is 5.63. The van der Waals surface area contributed by atoms with Crippen LogP contribution in [0, 0.1) is 26.7 Å². The van der Waals surface area contributed by atoms with Gasteiger partial charge in [-0.1, -0.05) is 18.5 Å². The molecule has 0 radical (unpaired) electrons. The molecule has 0 aliphatic heterocycles. The zero-order valence-corrected chi connectivity index (χ0v) is 18.6. The fraction of sp³-hybridized carbons (Fsp3) is 0.421. The average molecular weight is 433 g/mol. The summed E-state index contributed by atoms with van der Waals surface area (Å²) in [6.45, 7) is 7.68. The fourth-order valence-electron chi connectivity index (χ4n) is 3.05. The molecule has 3 heterocycles. The minimum Gasteiger partial charge on any atom is -0.322 e. The second kappa shape index (κ2) is 8.31. The van der Waals surface area contributed by atoms with Crippen LogP contribution in [-0.2, 0) is 25.4 Å². The highest BCUT2D eigenvalue weighted by Crippen LogP contribution is 2.22. The molecule has 1 atom stereocenters. The molecule has 0 spiro atoms. The van der Waals surface area contributed by atoms with Crippen LogP contribution in [0.5, 0.6) is 0 Å². The van der Waals surface area contributed by atoms with Gasteiger partial charge in [0, 0.05) is 14.1 Å². The van der Waals surface area contributed by atoms with Crippen LogP contribution in [0.4, 0.5) is 11.4 Å². The van der Waals surface area contributed by atoms with Crippen LogP contribution in [0.3, 0.4) is 0 Å². The Hall–Kier alpha value is -3.14.